The molecule has 0 spiro atoms. The number of amides is 2. The fourth-order valence-corrected chi connectivity index (χ4v) is 2.30. The molecule has 118 valence electrons. The molecule has 6 heteroatoms. The highest BCUT2D eigenvalue weighted by molar-refractivity contribution is 5.93. The van der Waals surface area contributed by atoms with E-state index in [-0.39, 0.29) is 19.0 Å². The smallest absolute Gasteiger partial charge is 0.321 e. The maximum atomic E-state index is 12.0. The quantitative estimate of drug-likeness (QED) is 0.861. The van der Waals surface area contributed by atoms with Gasteiger partial charge in [-0.1, -0.05) is 6.92 Å². The molecule has 2 amide bonds. The van der Waals surface area contributed by atoms with Gasteiger partial charge < -0.3 is 19.9 Å². The summed E-state index contributed by atoms with van der Waals surface area (Å²) in [5, 5.41) is 12.5. The summed E-state index contributed by atoms with van der Waals surface area (Å²) in [5.74, 6) is -0.918. The van der Waals surface area contributed by atoms with Gasteiger partial charge in [-0.25, -0.2) is 4.79 Å². The summed E-state index contributed by atoms with van der Waals surface area (Å²) in [7, 11) is 1.58. The number of urea groups is 1. The minimum Gasteiger partial charge on any atom is -0.481 e. The van der Waals surface area contributed by atoms with E-state index in [1.807, 2.05) is 30.5 Å². The Morgan fingerprint density at radius 1 is 1.32 bits per heavy atom. The number of carbonyl (C=O) groups excluding carboxylic acids is 1. The fourth-order valence-electron chi connectivity index (χ4n) is 2.30. The third-order valence-electron chi connectivity index (χ3n) is 3.49. The van der Waals surface area contributed by atoms with Crippen molar-refractivity contribution in [2.45, 2.75) is 26.3 Å². The van der Waals surface area contributed by atoms with Gasteiger partial charge in [0.25, 0.3) is 0 Å². The topological polar surface area (TPSA) is 74.6 Å². The standard InChI is InChI=1S/C16H21N3O3/c1-3-8-19-10-6-12-11-13(4-5-14(12)19)17-16(22)18(2)9-7-15(20)21/h4-6,10-11H,3,7-9H2,1-2H3,(H,17,22)(H,20,21). The zero-order valence-electron chi connectivity index (χ0n) is 12.9. The number of nitrogens with one attached hydrogen (secondary N) is 1. The minimum absolute atomic E-state index is 0.0666. The number of hydrogen-bond donors (Lipinski definition) is 2. The zero-order chi connectivity index (χ0) is 16.1. The number of nitrogens with zero attached hydrogens (tertiary/aromatic N) is 2. The van der Waals surface area contributed by atoms with Crippen LogP contribution in [0.25, 0.3) is 10.9 Å². The molecule has 22 heavy (non-hydrogen) atoms. The van der Waals surface area contributed by atoms with E-state index in [1.54, 1.807) is 7.05 Å². The van der Waals surface area contributed by atoms with Gasteiger partial charge in [-0.2, -0.15) is 0 Å². The van der Waals surface area contributed by atoms with E-state index >= 15 is 0 Å². The van der Waals surface area contributed by atoms with Crippen molar-refractivity contribution in [2.24, 2.45) is 0 Å². The number of anilines is 1. The number of carbonyl (C=O) groups is 2. The maximum Gasteiger partial charge on any atom is 0.321 e. The molecule has 0 saturated carbocycles. The molecule has 0 radical (unpaired) electrons. The molecule has 0 unspecified atom stereocenters. The van der Waals surface area contributed by atoms with E-state index in [0.29, 0.717) is 5.69 Å². The Morgan fingerprint density at radius 2 is 2.09 bits per heavy atom. The Balaban J connectivity index is 2.05. The number of rotatable bonds is 6. The summed E-state index contributed by atoms with van der Waals surface area (Å²) < 4.78 is 2.18. The van der Waals surface area contributed by atoms with Crippen molar-refractivity contribution < 1.29 is 14.7 Å². The molecule has 0 aliphatic heterocycles. The molecular weight excluding hydrogens is 282 g/mol. The second kappa shape index (κ2) is 6.98. The normalized spacial score (nSPS) is 10.6. The molecule has 2 rings (SSSR count). The van der Waals surface area contributed by atoms with Crippen molar-refractivity contribution in [3.8, 4) is 0 Å². The number of aryl methyl sites for hydroxylation is 1. The van der Waals surface area contributed by atoms with Crippen LogP contribution in [0.4, 0.5) is 10.5 Å². The van der Waals surface area contributed by atoms with Crippen molar-refractivity contribution in [1.82, 2.24) is 9.47 Å². The molecule has 0 fully saturated rings. The third-order valence-corrected chi connectivity index (χ3v) is 3.49. The van der Waals surface area contributed by atoms with Crippen LogP contribution >= 0.6 is 0 Å². The van der Waals surface area contributed by atoms with E-state index in [4.69, 9.17) is 5.11 Å². The molecule has 1 heterocycles. The molecular formula is C16H21N3O3. The summed E-state index contributed by atoms with van der Waals surface area (Å²) in [6, 6.07) is 7.47. The van der Waals surface area contributed by atoms with Crippen LogP contribution in [0.15, 0.2) is 30.5 Å². The molecule has 0 saturated heterocycles. The van der Waals surface area contributed by atoms with Crippen LogP contribution < -0.4 is 5.32 Å². The Morgan fingerprint density at radius 3 is 2.77 bits per heavy atom. The number of fused-ring (bicyclic) bond motifs is 1. The van der Waals surface area contributed by atoms with Gasteiger partial charge in [0.2, 0.25) is 0 Å². The lowest BCUT2D eigenvalue weighted by Crippen LogP contribution is -2.33. The summed E-state index contributed by atoms with van der Waals surface area (Å²) in [4.78, 5) is 23.9. The number of aliphatic carboxylic acids is 1. The summed E-state index contributed by atoms with van der Waals surface area (Å²) >= 11 is 0. The molecule has 0 bridgehead atoms. The highest BCUT2D eigenvalue weighted by atomic mass is 16.4. The lowest BCUT2D eigenvalue weighted by atomic mass is 10.2. The third kappa shape index (κ3) is 3.78. The van der Waals surface area contributed by atoms with Crippen LogP contribution in [0.5, 0.6) is 0 Å². The summed E-state index contributed by atoms with van der Waals surface area (Å²) in [6.07, 6.45) is 3.04. The maximum absolute atomic E-state index is 12.0. The molecule has 0 atom stereocenters. The molecule has 2 aromatic rings. The van der Waals surface area contributed by atoms with Crippen LogP contribution in [0.2, 0.25) is 0 Å². The van der Waals surface area contributed by atoms with Gasteiger partial charge in [0.15, 0.2) is 0 Å². The molecule has 2 N–H and O–H groups in total. The molecule has 0 aliphatic carbocycles. The van der Waals surface area contributed by atoms with Crippen LogP contribution in [-0.4, -0.2) is 40.2 Å². The van der Waals surface area contributed by atoms with Crippen LogP contribution in [0, 0.1) is 0 Å². The molecule has 0 aliphatic rings. The Bertz CT molecular complexity index is 678. The van der Waals surface area contributed by atoms with Crippen molar-refractivity contribution in [3.05, 3.63) is 30.5 Å². The highest BCUT2D eigenvalue weighted by Gasteiger charge is 2.11. The molecule has 6 nitrogen and oxygen atoms in total. The van der Waals surface area contributed by atoms with E-state index in [9.17, 15) is 9.59 Å². The Labute approximate surface area is 129 Å². The predicted molar refractivity (Wildman–Crippen MR) is 86.1 cm³/mol. The van der Waals surface area contributed by atoms with E-state index in [0.717, 1.165) is 23.9 Å². The van der Waals surface area contributed by atoms with Crippen molar-refractivity contribution in [3.63, 3.8) is 0 Å². The number of aromatic nitrogens is 1. The monoisotopic (exact) mass is 303 g/mol. The number of hydrogen-bond acceptors (Lipinski definition) is 2. The van der Waals surface area contributed by atoms with Crippen LogP contribution in [-0.2, 0) is 11.3 Å². The number of carboxylic acid groups (broad SMARTS) is 1. The second-order valence-electron chi connectivity index (χ2n) is 5.28. The average molecular weight is 303 g/mol. The largest absolute Gasteiger partial charge is 0.481 e. The van der Waals surface area contributed by atoms with Gasteiger partial charge in [-0.3, -0.25) is 4.79 Å². The number of carboxylic acids is 1. The summed E-state index contributed by atoms with van der Waals surface area (Å²) in [6.45, 7) is 3.27. The van der Waals surface area contributed by atoms with Gasteiger partial charge in [-0.15, -0.1) is 0 Å². The lowest BCUT2D eigenvalue weighted by molar-refractivity contribution is -0.137. The highest BCUT2D eigenvalue weighted by Crippen LogP contribution is 2.21. The van der Waals surface area contributed by atoms with Gasteiger partial charge in [0, 0.05) is 42.9 Å². The first-order valence-electron chi connectivity index (χ1n) is 7.34. The van der Waals surface area contributed by atoms with Crippen molar-refractivity contribution >= 4 is 28.6 Å². The Hall–Kier alpha value is -2.50. The van der Waals surface area contributed by atoms with Gasteiger partial charge in [-0.05, 0) is 30.7 Å². The van der Waals surface area contributed by atoms with Crippen LogP contribution in [0.1, 0.15) is 19.8 Å². The van der Waals surface area contributed by atoms with Gasteiger partial charge in [0.1, 0.15) is 0 Å². The first kappa shape index (κ1) is 15.9. The minimum atomic E-state index is -0.918. The predicted octanol–water partition coefficient (Wildman–Crippen LogP) is 2.99. The molecule has 1 aromatic heterocycles. The van der Waals surface area contributed by atoms with Crippen LogP contribution in [0.3, 0.4) is 0 Å². The van der Waals surface area contributed by atoms with Crippen molar-refractivity contribution in [1.29, 1.82) is 0 Å². The first-order chi connectivity index (χ1) is 10.5. The number of benzene rings is 1. The lowest BCUT2D eigenvalue weighted by Gasteiger charge is -2.17. The van der Waals surface area contributed by atoms with Gasteiger partial charge >= 0.3 is 12.0 Å². The van der Waals surface area contributed by atoms with Crippen molar-refractivity contribution in [2.75, 3.05) is 18.9 Å². The zero-order valence-corrected chi connectivity index (χ0v) is 12.9. The second-order valence-corrected chi connectivity index (χ2v) is 5.28. The molecule has 1 aromatic carbocycles. The average Bonchev–Trinajstić information content (AvgIpc) is 2.87. The van der Waals surface area contributed by atoms with E-state index in [1.165, 1.54) is 4.90 Å². The van der Waals surface area contributed by atoms with E-state index < -0.39 is 5.97 Å². The Kier molecular flexibility index (Phi) is 5.04. The van der Waals surface area contributed by atoms with E-state index in [2.05, 4.69) is 16.8 Å². The summed E-state index contributed by atoms with van der Waals surface area (Å²) in [5.41, 5.74) is 1.84. The first-order valence-corrected chi connectivity index (χ1v) is 7.34. The fraction of sp³-hybridized carbons (Fsp3) is 0.375. The van der Waals surface area contributed by atoms with Gasteiger partial charge in [0.05, 0.1) is 6.42 Å². The SMILES string of the molecule is CCCn1ccc2cc(NC(=O)N(C)CCC(=O)O)ccc21.